The highest BCUT2D eigenvalue weighted by Crippen LogP contribution is 2.08. The summed E-state index contributed by atoms with van der Waals surface area (Å²) in [5, 5.41) is 6.54. The maximum absolute atomic E-state index is 5.03. The molecule has 0 aliphatic heterocycles. The molecule has 0 heterocycles. The largest absolute Gasteiger partial charge is 0.383 e. The van der Waals surface area contributed by atoms with Gasteiger partial charge in [-0.3, -0.25) is 4.99 Å². The van der Waals surface area contributed by atoms with Crippen molar-refractivity contribution in [3.05, 3.63) is 60.7 Å². The van der Waals surface area contributed by atoms with Crippen LogP contribution in [0.4, 0.5) is 11.4 Å². The Balaban J connectivity index is 2.06. The summed E-state index contributed by atoms with van der Waals surface area (Å²) in [5.74, 6) is 0.708. The van der Waals surface area contributed by atoms with E-state index < -0.39 is 0 Å². The van der Waals surface area contributed by atoms with Crippen molar-refractivity contribution in [2.75, 3.05) is 30.9 Å². The van der Waals surface area contributed by atoms with Crippen LogP contribution >= 0.6 is 0 Å². The summed E-state index contributed by atoms with van der Waals surface area (Å²) in [6, 6.07) is 19.9. The van der Waals surface area contributed by atoms with Gasteiger partial charge >= 0.3 is 0 Å². The fourth-order valence-electron chi connectivity index (χ4n) is 1.68. The summed E-state index contributed by atoms with van der Waals surface area (Å²) in [4.78, 5) is 4.47. The lowest BCUT2D eigenvalue weighted by atomic mass is 10.3. The lowest BCUT2D eigenvalue weighted by Gasteiger charge is -2.12. The molecular weight excluding hydrogens is 250 g/mol. The van der Waals surface area contributed by atoms with Crippen molar-refractivity contribution in [3.63, 3.8) is 0 Å². The Morgan fingerprint density at radius 2 is 1.40 bits per heavy atom. The number of para-hydroxylation sites is 2. The molecule has 4 heteroatoms. The van der Waals surface area contributed by atoms with E-state index in [4.69, 9.17) is 4.74 Å². The SMILES string of the molecule is COCCN=C(Nc1ccccc1)Nc1ccccc1. The standard InChI is InChI=1S/C16H19N3O/c1-20-13-12-17-16(18-14-8-4-2-5-9-14)19-15-10-6-3-7-11-15/h2-11H,12-13H2,1H3,(H2,17,18,19). The lowest BCUT2D eigenvalue weighted by Crippen LogP contribution is -2.23. The van der Waals surface area contributed by atoms with Gasteiger partial charge in [-0.25, -0.2) is 0 Å². The van der Waals surface area contributed by atoms with Crippen LogP contribution in [-0.4, -0.2) is 26.2 Å². The Morgan fingerprint density at radius 1 is 0.900 bits per heavy atom. The van der Waals surface area contributed by atoms with Crippen molar-refractivity contribution in [2.24, 2.45) is 4.99 Å². The van der Waals surface area contributed by atoms with Gasteiger partial charge in [0, 0.05) is 18.5 Å². The number of aliphatic imine (C=N–C) groups is 1. The van der Waals surface area contributed by atoms with E-state index in [9.17, 15) is 0 Å². The lowest BCUT2D eigenvalue weighted by molar-refractivity contribution is 0.208. The summed E-state index contributed by atoms with van der Waals surface area (Å²) in [6.07, 6.45) is 0. The molecule has 2 aromatic rings. The van der Waals surface area contributed by atoms with E-state index in [-0.39, 0.29) is 0 Å². The predicted molar refractivity (Wildman–Crippen MR) is 84.3 cm³/mol. The zero-order valence-corrected chi connectivity index (χ0v) is 11.5. The fourth-order valence-corrected chi connectivity index (χ4v) is 1.68. The zero-order valence-electron chi connectivity index (χ0n) is 11.5. The fraction of sp³-hybridized carbons (Fsp3) is 0.188. The molecular formula is C16H19N3O. The van der Waals surface area contributed by atoms with Crippen molar-refractivity contribution in [1.82, 2.24) is 0 Å². The van der Waals surface area contributed by atoms with Crippen LogP contribution in [0.3, 0.4) is 0 Å². The first-order valence-electron chi connectivity index (χ1n) is 6.56. The van der Waals surface area contributed by atoms with Gasteiger partial charge in [0.2, 0.25) is 0 Å². The number of rotatable bonds is 5. The molecule has 2 rings (SSSR count). The highest BCUT2D eigenvalue weighted by atomic mass is 16.5. The van der Waals surface area contributed by atoms with Gasteiger partial charge in [-0.2, -0.15) is 0 Å². The van der Waals surface area contributed by atoms with Crippen molar-refractivity contribution in [1.29, 1.82) is 0 Å². The molecule has 0 saturated heterocycles. The molecule has 104 valence electrons. The van der Waals surface area contributed by atoms with Crippen LogP contribution in [0.25, 0.3) is 0 Å². The van der Waals surface area contributed by atoms with Crippen LogP contribution in [0.15, 0.2) is 65.7 Å². The second-order valence-corrected chi connectivity index (χ2v) is 4.21. The minimum absolute atomic E-state index is 0.594. The Labute approximate surface area is 119 Å². The normalized spacial score (nSPS) is 9.85. The summed E-state index contributed by atoms with van der Waals surface area (Å²) in [6.45, 7) is 1.20. The molecule has 0 aromatic heterocycles. The first kappa shape index (κ1) is 14.1. The van der Waals surface area contributed by atoms with Gasteiger partial charge in [0.05, 0.1) is 13.2 Å². The second-order valence-electron chi connectivity index (χ2n) is 4.21. The van der Waals surface area contributed by atoms with Crippen LogP contribution in [0.2, 0.25) is 0 Å². The van der Waals surface area contributed by atoms with E-state index in [0.29, 0.717) is 19.1 Å². The van der Waals surface area contributed by atoms with Crippen LogP contribution in [0.1, 0.15) is 0 Å². The van der Waals surface area contributed by atoms with Crippen LogP contribution in [0, 0.1) is 0 Å². The van der Waals surface area contributed by atoms with E-state index in [1.165, 1.54) is 0 Å². The molecule has 0 aliphatic carbocycles. The number of nitrogens with zero attached hydrogens (tertiary/aromatic N) is 1. The Morgan fingerprint density at radius 3 is 1.85 bits per heavy atom. The third-order valence-electron chi connectivity index (χ3n) is 2.64. The molecule has 0 spiro atoms. The highest BCUT2D eigenvalue weighted by molar-refractivity contribution is 6.03. The van der Waals surface area contributed by atoms with Gasteiger partial charge in [0.1, 0.15) is 0 Å². The molecule has 0 unspecified atom stereocenters. The maximum atomic E-state index is 5.03. The van der Waals surface area contributed by atoms with Crippen LogP contribution in [0.5, 0.6) is 0 Å². The zero-order chi connectivity index (χ0) is 14.0. The minimum atomic E-state index is 0.594. The van der Waals surface area contributed by atoms with E-state index in [0.717, 1.165) is 11.4 Å². The molecule has 0 saturated carbocycles. The molecule has 0 fully saturated rings. The van der Waals surface area contributed by atoms with Crippen molar-refractivity contribution >= 4 is 17.3 Å². The number of benzene rings is 2. The monoisotopic (exact) mass is 269 g/mol. The number of methoxy groups -OCH3 is 1. The smallest absolute Gasteiger partial charge is 0.200 e. The minimum Gasteiger partial charge on any atom is -0.383 e. The number of hydrogen-bond donors (Lipinski definition) is 2. The molecule has 2 N–H and O–H groups in total. The van der Waals surface area contributed by atoms with Gasteiger partial charge in [-0.05, 0) is 24.3 Å². The summed E-state index contributed by atoms with van der Waals surface area (Å²) in [5.41, 5.74) is 1.99. The second kappa shape index (κ2) is 7.96. The van der Waals surface area contributed by atoms with E-state index in [1.54, 1.807) is 7.11 Å². The Hall–Kier alpha value is -2.33. The molecule has 2 aromatic carbocycles. The van der Waals surface area contributed by atoms with Crippen LogP contribution < -0.4 is 10.6 Å². The van der Waals surface area contributed by atoms with E-state index >= 15 is 0 Å². The third-order valence-corrected chi connectivity index (χ3v) is 2.64. The molecule has 0 atom stereocenters. The number of hydrogen-bond acceptors (Lipinski definition) is 2. The van der Waals surface area contributed by atoms with E-state index in [1.807, 2.05) is 60.7 Å². The maximum Gasteiger partial charge on any atom is 0.200 e. The number of guanidine groups is 1. The first-order valence-corrected chi connectivity index (χ1v) is 6.56. The highest BCUT2D eigenvalue weighted by Gasteiger charge is 2.00. The average Bonchev–Trinajstić information content (AvgIpc) is 2.49. The molecule has 0 amide bonds. The van der Waals surface area contributed by atoms with Gasteiger partial charge in [0.15, 0.2) is 5.96 Å². The molecule has 20 heavy (non-hydrogen) atoms. The van der Waals surface area contributed by atoms with Crippen molar-refractivity contribution < 1.29 is 4.74 Å². The average molecular weight is 269 g/mol. The van der Waals surface area contributed by atoms with Crippen molar-refractivity contribution in [2.45, 2.75) is 0 Å². The van der Waals surface area contributed by atoms with Crippen molar-refractivity contribution in [3.8, 4) is 0 Å². The van der Waals surface area contributed by atoms with Gasteiger partial charge < -0.3 is 15.4 Å². The summed E-state index contributed by atoms with van der Waals surface area (Å²) < 4.78 is 5.03. The molecule has 0 radical (unpaired) electrons. The summed E-state index contributed by atoms with van der Waals surface area (Å²) in [7, 11) is 1.67. The van der Waals surface area contributed by atoms with Gasteiger partial charge in [-0.15, -0.1) is 0 Å². The number of ether oxygens (including phenoxy) is 1. The van der Waals surface area contributed by atoms with Gasteiger partial charge in [-0.1, -0.05) is 36.4 Å². The topological polar surface area (TPSA) is 45.6 Å². The third kappa shape index (κ3) is 4.74. The summed E-state index contributed by atoms with van der Waals surface area (Å²) >= 11 is 0. The van der Waals surface area contributed by atoms with Crippen LogP contribution in [-0.2, 0) is 4.74 Å². The molecule has 0 bridgehead atoms. The van der Waals surface area contributed by atoms with Gasteiger partial charge in [0.25, 0.3) is 0 Å². The molecule has 0 aliphatic rings. The Kier molecular flexibility index (Phi) is 5.61. The number of nitrogens with one attached hydrogen (secondary N) is 2. The number of anilines is 2. The molecule has 4 nitrogen and oxygen atoms in total. The first-order chi connectivity index (χ1) is 9.88. The Bertz CT molecular complexity index is 482. The predicted octanol–water partition coefficient (Wildman–Crippen LogP) is 3.21. The quantitative estimate of drug-likeness (QED) is 0.498. The van der Waals surface area contributed by atoms with E-state index in [2.05, 4.69) is 15.6 Å².